The number of fused-ring (bicyclic) bond motifs is 3. The fraction of sp³-hybridized carbons (Fsp3) is 0.0952. The molecule has 0 radical (unpaired) electrons. The molecule has 0 atom stereocenters. The number of nitro groups is 1. The largest absolute Gasteiger partial charge is 0.332 e. The molecule has 11 heteroatoms. The first kappa shape index (κ1) is 19.8. The molecule has 10 nitrogen and oxygen atoms in total. The number of non-ortho nitro benzene ring substituents is 1. The third-order valence-electron chi connectivity index (χ3n) is 5.38. The Hall–Kier alpha value is -4.18. The lowest BCUT2D eigenvalue weighted by atomic mass is 10.1. The van der Waals surface area contributed by atoms with Gasteiger partial charge < -0.3 is 0 Å². The van der Waals surface area contributed by atoms with Gasteiger partial charge in [-0.2, -0.15) is 4.98 Å². The number of nitro benzene ring substituents is 1. The molecule has 2 aromatic carbocycles. The van der Waals surface area contributed by atoms with Crippen LogP contribution in [0.15, 0.2) is 64.3 Å². The lowest BCUT2D eigenvalue weighted by Crippen LogP contribution is -2.37. The molecule has 0 aliphatic rings. The van der Waals surface area contributed by atoms with E-state index in [1.54, 1.807) is 52.5 Å². The second-order valence-corrected chi connectivity index (χ2v) is 7.73. The number of benzene rings is 2. The van der Waals surface area contributed by atoms with Crippen molar-refractivity contribution in [2.45, 2.75) is 0 Å². The Bertz CT molecular complexity index is 1690. The van der Waals surface area contributed by atoms with Crippen LogP contribution in [-0.2, 0) is 14.1 Å². The van der Waals surface area contributed by atoms with Crippen LogP contribution in [0.25, 0.3) is 33.9 Å². The molecule has 3 aromatic heterocycles. The van der Waals surface area contributed by atoms with E-state index >= 15 is 0 Å². The molecule has 0 fully saturated rings. The highest BCUT2D eigenvalue weighted by Crippen LogP contribution is 2.31. The molecule has 0 amide bonds. The molecule has 0 bridgehead atoms. The van der Waals surface area contributed by atoms with Gasteiger partial charge in [-0.25, -0.2) is 4.79 Å². The van der Waals surface area contributed by atoms with E-state index in [0.29, 0.717) is 27.7 Å². The summed E-state index contributed by atoms with van der Waals surface area (Å²) in [5.74, 6) is 0.363. The van der Waals surface area contributed by atoms with Gasteiger partial charge in [-0.3, -0.25) is 33.0 Å². The summed E-state index contributed by atoms with van der Waals surface area (Å²) in [6.07, 6.45) is 1.68. The van der Waals surface area contributed by atoms with Crippen LogP contribution in [0.3, 0.4) is 0 Å². The van der Waals surface area contributed by atoms with Crippen LogP contribution in [-0.4, -0.2) is 28.0 Å². The van der Waals surface area contributed by atoms with Crippen molar-refractivity contribution in [3.63, 3.8) is 0 Å². The summed E-state index contributed by atoms with van der Waals surface area (Å²) in [4.78, 5) is 40.8. The maximum atomic E-state index is 12.9. The summed E-state index contributed by atoms with van der Waals surface area (Å²) in [7, 11) is 2.95. The minimum absolute atomic E-state index is 0.0675. The first-order chi connectivity index (χ1) is 15.3. The van der Waals surface area contributed by atoms with Crippen LogP contribution in [0.4, 0.5) is 5.69 Å². The Morgan fingerprint density at radius 3 is 2.50 bits per heavy atom. The van der Waals surface area contributed by atoms with Gasteiger partial charge in [0.25, 0.3) is 11.2 Å². The second kappa shape index (κ2) is 6.92. The highest BCUT2D eigenvalue weighted by Gasteiger charge is 2.22. The molecule has 0 saturated heterocycles. The summed E-state index contributed by atoms with van der Waals surface area (Å²) in [6.45, 7) is 0. The SMILES string of the molecule is Cn1c(=O)c2c(nc3n(-c4cccc(Cl)c4)c(-c4cccc([N+](=O)[O-])c4)cn23)n(C)c1=O. The van der Waals surface area contributed by atoms with Crippen molar-refractivity contribution in [1.82, 2.24) is 23.1 Å². The van der Waals surface area contributed by atoms with Crippen LogP contribution in [0.1, 0.15) is 0 Å². The van der Waals surface area contributed by atoms with Crippen LogP contribution >= 0.6 is 11.6 Å². The van der Waals surface area contributed by atoms with Crippen molar-refractivity contribution >= 4 is 34.2 Å². The zero-order valence-electron chi connectivity index (χ0n) is 16.9. The van der Waals surface area contributed by atoms with Crippen LogP contribution in [0.5, 0.6) is 0 Å². The number of hydrogen-bond acceptors (Lipinski definition) is 5. The van der Waals surface area contributed by atoms with Crippen molar-refractivity contribution in [3.8, 4) is 16.9 Å². The fourth-order valence-corrected chi connectivity index (χ4v) is 4.01. The average molecular weight is 451 g/mol. The molecule has 32 heavy (non-hydrogen) atoms. The van der Waals surface area contributed by atoms with E-state index in [4.69, 9.17) is 11.6 Å². The molecule has 160 valence electrons. The highest BCUT2D eigenvalue weighted by atomic mass is 35.5. The second-order valence-electron chi connectivity index (χ2n) is 7.30. The Morgan fingerprint density at radius 2 is 1.78 bits per heavy atom. The Morgan fingerprint density at radius 1 is 1.03 bits per heavy atom. The Labute approximate surface area is 184 Å². The van der Waals surface area contributed by atoms with Crippen molar-refractivity contribution in [3.05, 3.63) is 90.7 Å². The zero-order valence-corrected chi connectivity index (χ0v) is 17.6. The van der Waals surface area contributed by atoms with E-state index in [0.717, 1.165) is 4.57 Å². The predicted molar refractivity (Wildman–Crippen MR) is 120 cm³/mol. The van der Waals surface area contributed by atoms with Gasteiger partial charge in [0.05, 0.1) is 16.3 Å². The monoisotopic (exact) mass is 450 g/mol. The lowest BCUT2D eigenvalue weighted by molar-refractivity contribution is -0.384. The smallest absolute Gasteiger partial charge is 0.279 e. The molecule has 0 saturated carbocycles. The Balaban J connectivity index is 1.96. The zero-order chi connectivity index (χ0) is 22.7. The van der Waals surface area contributed by atoms with Gasteiger partial charge in [-0.15, -0.1) is 0 Å². The summed E-state index contributed by atoms with van der Waals surface area (Å²) >= 11 is 6.22. The van der Waals surface area contributed by atoms with Gasteiger partial charge in [0.2, 0.25) is 5.78 Å². The van der Waals surface area contributed by atoms with E-state index in [1.165, 1.54) is 23.7 Å². The van der Waals surface area contributed by atoms with E-state index < -0.39 is 16.2 Å². The molecule has 5 rings (SSSR count). The standard InChI is InChI=1S/C21H15ClN6O4/c1-24-18-17(19(29)25(2)21(24)30)26-11-16(12-5-3-8-15(9-12)28(31)32)27(20(26)23-18)14-7-4-6-13(22)10-14/h3-11H,1-2H3. The molecule has 0 spiro atoms. The number of aromatic nitrogens is 5. The molecule has 0 unspecified atom stereocenters. The number of aryl methyl sites for hydroxylation is 1. The van der Waals surface area contributed by atoms with Crippen molar-refractivity contribution in [2.75, 3.05) is 0 Å². The predicted octanol–water partition coefficient (Wildman–Crippen LogP) is 2.90. The number of halogens is 1. The van der Waals surface area contributed by atoms with Gasteiger partial charge in [0, 0.05) is 43.0 Å². The average Bonchev–Trinajstić information content (AvgIpc) is 3.32. The topological polar surface area (TPSA) is 109 Å². The maximum Gasteiger partial charge on any atom is 0.332 e. The first-order valence-electron chi connectivity index (χ1n) is 9.48. The number of nitrogens with zero attached hydrogens (tertiary/aromatic N) is 6. The van der Waals surface area contributed by atoms with Crippen LogP contribution in [0, 0.1) is 10.1 Å². The van der Waals surface area contributed by atoms with Crippen molar-refractivity contribution in [1.29, 1.82) is 0 Å². The molecule has 0 aliphatic heterocycles. The number of imidazole rings is 2. The summed E-state index contributed by atoms with van der Waals surface area (Å²) in [5, 5.41) is 11.8. The Kier molecular flexibility index (Phi) is 4.28. The summed E-state index contributed by atoms with van der Waals surface area (Å²) in [5.41, 5.74) is 1.16. The van der Waals surface area contributed by atoms with Gasteiger partial charge in [-0.1, -0.05) is 29.8 Å². The number of rotatable bonds is 3. The van der Waals surface area contributed by atoms with Crippen molar-refractivity contribution < 1.29 is 4.92 Å². The van der Waals surface area contributed by atoms with E-state index in [-0.39, 0.29) is 16.9 Å². The normalized spacial score (nSPS) is 11.5. The molecule has 3 heterocycles. The van der Waals surface area contributed by atoms with Crippen molar-refractivity contribution in [2.24, 2.45) is 14.1 Å². The highest BCUT2D eigenvalue weighted by molar-refractivity contribution is 6.30. The first-order valence-corrected chi connectivity index (χ1v) is 9.86. The van der Waals surface area contributed by atoms with Crippen LogP contribution in [0.2, 0.25) is 5.02 Å². The fourth-order valence-electron chi connectivity index (χ4n) is 3.82. The number of hydrogen-bond donors (Lipinski definition) is 0. The third kappa shape index (κ3) is 2.77. The maximum absolute atomic E-state index is 12.9. The molecule has 0 N–H and O–H groups in total. The molecular formula is C21H15ClN6O4. The van der Waals surface area contributed by atoms with Gasteiger partial charge in [-0.05, 0) is 18.2 Å². The minimum atomic E-state index is -0.496. The summed E-state index contributed by atoms with van der Waals surface area (Å²) < 4.78 is 5.65. The molecule has 5 aromatic rings. The van der Waals surface area contributed by atoms with Gasteiger partial charge in [0.15, 0.2) is 11.2 Å². The summed E-state index contributed by atoms with van der Waals surface area (Å²) in [6, 6.07) is 13.2. The van der Waals surface area contributed by atoms with E-state index in [2.05, 4.69) is 4.98 Å². The molecule has 0 aliphatic carbocycles. The van der Waals surface area contributed by atoms with E-state index in [1.807, 2.05) is 6.07 Å². The van der Waals surface area contributed by atoms with Gasteiger partial charge >= 0.3 is 5.69 Å². The minimum Gasteiger partial charge on any atom is -0.279 e. The van der Waals surface area contributed by atoms with Crippen LogP contribution < -0.4 is 11.2 Å². The lowest BCUT2D eigenvalue weighted by Gasteiger charge is -2.09. The van der Waals surface area contributed by atoms with Gasteiger partial charge in [0.1, 0.15) is 0 Å². The van der Waals surface area contributed by atoms with E-state index in [9.17, 15) is 19.7 Å². The molecular weight excluding hydrogens is 436 g/mol. The third-order valence-corrected chi connectivity index (χ3v) is 5.62. The quantitative estimate of drug-likeness (QED) is 0.310.